The molecule has 0 radical (unpaired) electrons. The number of halogens is 1. The lowest BCUT2D eigenvalue weighted by Gasteiger charge is -2.17. The number of methoxy groups -OCH3 is 1. The van der Waals surface area contributed by atoms with Crippen LogP contribution in [0.4, 0.5) is 0 Å². The smallest absolute Gasteiger partial charge is 0.124 e. The van der Waals surface area contributed by atoms with Crippen LogP contribution in [0.3, 0.4) is 0 Å². The van der Waals surface area contributed by atoms with E-state index in [4.69, 9.17) is 25.8 Å². The van der Waals surface area contributed by atoms with Gasteiger partial charge in [0.15, 0.2) is 0 Å². The molecule has 1 unspecified atom stereocenters. The molecule has 1 aromatic carbocycles. The van der Waals surface area contributed by atoms with E-state index in [2.05, 4.69) is 12.2 Å². The molecule has 0 aliphatic carbocycles. The van der Waals surface area contributed by atoms with E-state index in [1.807, 2.05) is 25.2 Å². The average molecular weight is 288 g/mol. The summed E-state index contributed by atoms with van der Waals surface area (Å²) in [6.07, 6.45) is 0. The molecule has 0 saturated heterocycles. The Morgan fingerprint density at radius 1 is 1.21 bits per heavy atom. The Morgan fingerprint density at radius 3 is 2.63 bits per heavy atom. The summed E-state index contributed by atoms with van der Waals surface area (Å²) in [7, 11) is 3.56. The highest BCUT2D eigenvalue weighted by molar-refractivity contribution is 6.30. The normalized spacial score (nSPS) is 12.4. The maximum absolute atomic E-state index is 6.01. The lowest BCUT2D eigenvalue weighted by molar-refractivity contribution is 0.0542. The molecule has 0 saturated carbocycles. The first-order valence-electron chi connectivity index (χ1n) is 6.35. The zero-order valence-corrected chi connectivity index (χ0v) is 12.5. The predicted molar refractivity (Wildman–Crippen MR) is 77.1 cm³/mol. The molecule has 1 atom stereocenters. The van der Waals surface area contributed by atoms with E-state index in [0.29, 0.717) is 31.5 Å². The summed E-state index contributed by atoms with van der Waals surface area (Å²) in [5.41, 5.74) is 1.05. The molecule has 108 valence electrons. The van der Waals surface area contributed by atoms with Crippen molar-refractivity contribution in [3.8, 4) is 5.75 Å². The van der Waals surface area contributed by atoms with Crippen LogP contribution in [0.1, 0.15) is 18.5 Å². The van der Waals surface area contributed by atoms with Crippen molar-refractivity contribution in [2.75, 3.05) is 40.6 Å². The summed E-state index contributed by atoms with van der Waals surface area (Å²) in [6, 6.07) is 5.82. The van der Waals surface area contributed by atoms with E-state index in [1.54, 1.807) is 7.11 Å². The third-order valence-corrected chi connectivity index (χ3v) is 3.02. The highest BCUT2D eigenvalue weighted by atomic mass is 35.5. The molecule has 0 aromatic heterocycles. The van der Waals surface area contributed by atoms with Gasteiger partial charge < -0.3 is 19.5 Å². The Bertz CT molecular complexity index is 374. The zero-order valence-electron chi connectivity index (χ0n) is 11.7. The molecular formula is C14H22ClNO3. The summed E-state index contributed by atoms with van der Waals surface area (Å²) in [6.45, 7) is 4.30. The number of rotatable bonds is 9. The molecule has 0 spiro atoms. The van der Waals surface area contributed by atoms with Gasteiger partial charge in [-0.15, -0.1) is 0 Å². The van der Waals surface area contributed by atoms with E-state index in [-0.39, 0.29) is 6.04 Å². The van der Waals surface area contributed by atoms with Crippen LogP contribution in [0.2, 0.25) is 5.02 Å². The van der Waals surface area contributed by atoms with Crippen molar-refractivity contribution in [3.05, 3.63) is 28.8 Å². The maximum Gasteiger partial charge on any atom is 0.124 e. The van der Waals surface area contributed by atoms with Gasteiger partial charge >= 0.3 is 0 Å². The molecule has 0 heterocycles. The molecule has 0 amide bonds. The fraction of sp³-hybridized carbons (Fsp3) is 0.571. The van der Waals surface area contributed by atoms with Crippen molar-refractivity contribution in [2.45, 2.75) is 13.0 Å². The Kier molecular flexibility index (Phi) is 7.82. The summed E-state index contributed by atoms with van der Waals surface area (Å²) >= 11 is 6.01. The van der Waals surface area contributed by atoms with Gasteiger partial charge in [-0.1, -0.05) is 11.6 Å². The van der Waals surface area contributed by atoms with Crippen LogP contribution in [0.25, 0.3) is 0 Å². The third-order valence-electron chi connectivity index (χ3n) is 2.79. The summed E-state index contributed by atoms with van der Waals surface area (Å²) in [5, 5.41) is 3.89. The van der Waals surface area contributed by atoms with Crippen LogP contribution in [0.15, 0.2) is 18.2 Å². The van der Waals surface area contributed by atoms with Gasteiger partial charge in [0, 0.05) is 23.7 Å². The average Bonchev–Trinajstić information content (AvgIpc) is 2.43. The molecule has 19 heavy (non-hydrogen) atoms. The number of ether oxygens (including phenoxy) is 3. The fourth-order valence-electron chi connectivity index (χ4n) is 1.60. The van der Waals surface area contributed by atoms with Crippen molar-refractivity contribution in [1.82, 2.24) is 5.32 Å². The van der Waals surface area contributed by atoms with Crippen molar-refractivity contribution in [2.24, 2.45) is 0 Å². The number of benzene rings is 1. The molecule has 0 fully saturated rings. The zero-order chi connectivity index (χ0) is 14.1. The largest absolute Gasteiger partial charge is 0.491 e. The first kappa shape index (κ1) is 16.2. The Labute approximate surface area is 120 Å². The van der Waals surface area contributed by atoms with Crippen molar-refractivity contribution < 1.29 is 14.2 Å². The van der Waals surface area contributed by atoms with Crippen LogP contribution in [0.5, 0.6) is 5.75 Å². The molecule has 5 heteroatoms. The molecule has 1 N–H and O–H groups in total. The van der Waals surface area contributed by atoms with Crippen molar-refractivity contribution >= 4 is 11.6 Å². The van der Waals surface area contributed by atoms with Gasteiger partial charge in [0.1, 0.15) is 12.4 Å². The van der Waals surface area contributed by atoms with E-state index in [0.717, 1.165) is 11.3 Å². The van der Waals surface area contributed by atoms with E-state index in [9.17, 15) is 0 Å². The molecular weight excluding hydrogens is 266 g/mol. The van der Waals surface area contributed by atoms with Gasteiger partial charge in [0.2, 0.25) is 0 Å². The quantitative estimate of drug-likeness (QED) is 0.709. The molecule has 1 rings (SSSR count). The first-order chi connectivity index (χ1) is 9.19. The number of hydrogen-bond acceptors (Lipinski definition) is 4. The van der Waals surface area contributed by atoms with Gasteiger partial charge in [-0.05, 0) is 32.2 Å². The van der Waals surface area contributed by atoms with Crippen molar-refractivity contribution in [3.63, 3.8) is 0 Å². The topological polar surface area (TPSA) is 39.7 Å². The minimum Gasteiger partial charge on any atom is -0.491 e. The fourth-order valence-corrected chi connectivity index (χ4v) is 1.78. The van der Waals surface area contributed by atoms with Crippen LogP contribution < -0.4 is 10.1 Å². The van der Waals surface area contributed by atoms with Crippen molar-refractivity contribution in [1.29, 1.82) is 0 Å². The lowest BCUT2D eigenvalue weighted by atomic mass is 10.1. The van der Waals surface area contributed by atoms with E-state index in [1.165, 1.54) is 0 Å². The van der Waals surface area contributed by atoms with E-state index >= 15 is 0 Å². The highest BCUT2D eigenvalue weighted by Gasteiger charge is 2.10. The summed E-state index contributed by atoms with van der Waals surface area (Å²) < 4.78 is 16.0. The standard InChI is InChI=1S/C14H22ClNO3/c1-11(16-2)13-10-12(15)4-5-14(13)19-9-8-18-7-6-17-3/h4-5,10-11,16H,6-9H2,1-3H3. The molecule has 0 aliphatic rings. The third kappa shape index (κ3) is 5.78. The van der Waals surface area contributed by atoms with Crippen LogP contribution in [-0.2, 0) is 9.47 Å². The molecule has 0 bridgehead atoms. The van der Waals surface area contributed by atoms with Gasteiger partial charge in [-0.3, -0.25) is 0 Å². The second-order valence-corrected chi connectivity index (χ2v) is 4.58. The lowest BCUT2D eigenvalue weighted by Crippen LogP contribution is -2.15. The SMILES string of the molecule is CNC(C)c1cc(Cl)ccc1OCCOCCOC. The first-order valence-corrected chi connectivity index (χ1v) is 6.73. The second-order valence-electron chi connectivity index (χ2n) is 4.15. The predicted octanol–water partition coefficient (Wildman–Crippen LogP) is 2.66. The van der Waals surface area contributed by atoms with Gasteiger partial charge in [-0.25, -0.2) is 0 Å². The Balaban J connectivity index is 2.48. The van der Waals surface area contributed by atoms with Gasteiger partial charge in [-0.2, -0.15) is 0 Å². The Morgan fingerprint density at radius 2 is 1.95 bits per heavy atom. The maximum atomic E-state index is 6.01. The monoisotopic (exact) mass is 287 g/mol. The second kappa shape index (κ2) is 9.15. The molecule has 1 aromatic rings. The van der Waals surface area contributed by atoms with Crippen LogP contribution in [0, 0.1) is 0 Å². The number of nitrogens with one attached hydrogen (secondary N) is 1. The van der Waals surface area contributed by atoms with Gasteiger partial charge in [0.25, 0.3) is 0 Å². The Hall–Kier alpha value is -0.810. The van der Waals surface area contributed by atoms with E-state index < -0.39 is 0 Å². The summed E-state index contributed by atoms with van der Waals surface area (Å²) in [5.74, 6) is 0.835. The summed E-state index contributed by atoms with van der Waals surface area (Å²) in [4.78, 5) is 0. The van der Waals surface area contributed by atoms with Crippen LogP contribution in [-0.4, -0.2) is 40.6 Å². The number of hydrogen-bond donors (Lipinski definition) is 1. The molecule has 4 nitrogen and oxygen atoms in total. The minimum atomic E-state index is 0.183. The van der Waals surface area contributed by atoms with Crippen LogP contribution >= 0.6 is 11.6 Å². The molecule has 0 aliphatic heterocycles. The van der Waals surface area contributed by atoms with Gasteiger partial charge in [0.05, 0.1) is 19.8 Å². The highest BCUT2D eigenvalue weighted by Crippen LogP contribution is 2.28. The minimum absolute atomic E-state index is 0.183.